The number of amides is 1. The maximum atomic E-state index is 14.1. The zero-order chi connectivity index (χ0) is 20.7. The van der Waals surface area contributed by atoms with Gasteiger partial charge in [-0.1, -0.05) is 36.4 Å². The highest BCUT2D eigenvalue weighted by Gasteiger charge is 2.42. The summed E-state index contributed by atoms with van der Waals surface area (Å²) >= 11 is 0. The van der Waals surface area contributed by atoms with Gasteiger partial charge in [-0.2, -0.15) is 0 Å². The van der Waals surface area contributed by atoms with Gasteiger partial charge in [0.15, 0.2) is 0 Å². The number of rotatable bonds is 2. The lowest BCUT2D eigenvalue weighted by atomic mass is 9.64. The van der Waals surface area contributed by atoms with E-state index in [2.05, 4.69) is 28.5 Å². The minimum atomic E-state index is -0.461. The van der Waals surface area contributed by atoms with Crippen molar-refractivity contribution < 1.29 is 9.18 Å². The first-order valence-electron chi connectivity index (χ1n) is 10.3. The number of aromatic nitrogens is 2. The lowest BCUT2D eigenvalue weighted by molar-refractivity contribution is 0.0659. The van der Waals surface area contributed by atoms with E-state index in [9.17, 15) is 9.18 Å². The van der Waals surface area contributed by atoms with Crippen molar-refractivity contribution in [3.05, 3.63) is 77.2 Å². The number of anilines is 1. The number of fused-ring (bicyclic) bond motifs is 4. The van der Waals surface area contributed by atoms with E-state index in [1.807, 2.05) is 19.3 Å². The van der Waals surface area contributed by atoms with Gasteiger partial charge in [-0.25, -0.2) is 14.4 Å². The van der Waals surface area contributed by atoms with Crippen molar-refractivity contribution in [3.63, 3.8) is 0 Å². The highest BCUT2D eigenvalue weighted by molar-refractivity contribution is 5.94. The number of carbonyl (C=O) groups is 1. The third kappa shape index (κ3) is 2.95. The first-order valence-corrected chi connectivity index (χ1v) is 10.3. The Morgan fingerprint density at radius 2 is 1.83 bits per heavy atom. The van der Waals surface area contributed by atoms with Gasteiger partial charge in [0.1, 0.15) is 5.82 Å². The van der Waals surface area contributed by atoms with Crippen LogP contribution in [0.5, 0.6) is 0 Å². The highest BCUT2D eigenvalue weighted by atomic mass is 19.1. The van der Waals surface area contributed by atoms with Crippen molar-refractivity contribution in [2.45, 2.75) is 24.7 Å². The van der Waals surface area contributed by atoms with Crippen LogP contribution in [0.2, 0.25) is 0 Å². The minimum Gasteiger partial charge on any atom is -0.357 e. The van der Waals surface area contributed by atoms with Crippen LogP contribution < -0.4 is 5.32 Å². The summed E-state index contributed by atoms with van der Waals surface area (Å²) in [6.07, 6.45) is 4.43. The molecule has 1 saturated heterocycles. The van der Waals surface area contributed by atoms with Gasteiger partial charge < -0.3 is 10.2 Å². The molecule has 0 bridgehead atoms. The number of carbonyl (C=O) groups excluding carboxylic acids is 1. The van der Waals surface area contributed by atoms with Crippen LogP contribution in [0.25, 0.3) is 11.3 Å². The normalized spacial score (nSPS) is 16.7. The smallest absolute Gasteiger partial charge is 0.256 e. The molecule has 30 heavy (non-hydrogen) atoms. The molecule has 1 aromatic heterocycles. The molecule has 0 radical (unpaired) electrons. The number of benzene rings is 2. The second-order valence-electron chi connectivity index (χ2n) is 8.09. The Kier molecular flexibility index (Phi) is 4.50. The maximum absolute atomic E-state index is 14.1. The molecule has 1 N–H and O–H groups in total. The Morgan fingerprint density at radius 3 is 2.60 bits per heavy atom. The van der Waals surface area contributed by atoms with Gasteiger partial charge in [0, 0.05) is 37.3 Å². The van der Waals surface area contributed by atoms with E-state index in [1.165, 1.54) is 11.6 Å². The van der Waals surface area contributed by atoms with E-state index in [0.717, 1.165) is 36.1 Å². The summed E-state index contributed by atoms with van der Waals surface area (Å²) in [5.74, 6) is -0.0727. The molecule has 1 spiro atoms. The van der Waals surface area contributed by atoms with Crippen LogP contribution in [0.15, 0.2) is 54.7 Å². The average Bonchev–Trinajstić information content (AvgIpc) is 2.79. The van der Waals surface area contributed by atoms with E-state index in [-0.39, 0.29) is 16.9 Å². The van der Waals surface area contributed by atoms with E-state index in [1.54, 1.807) is 23.1 Å². The summed E-state index contributed by atoms with van der Waals surface area (Å²) < 4.78 is 14.1. The van der Waals surface area contributed by atoms with Crippen LogP contribution in [0.4, 0.5) is 10.3 Å². The molecule has 2 aromatic carbocycles. The molecular formula is C24H23FN4O. The standard InChI is InChI=1S/C24H23FN4O/c1-26-23-27-15-16-14-24(19-8-4-2-6-17(19)21(16)28-23)10-12-29(13-11-24)22(30)18-7-3-5-9-20(18)25/h2-9,15H,10-14H2,1H3,(H,26,27,28). The van der Waals surface area contributed by atoms with Gasteiger partial charge in [-0.05, 0) is 42.5 Å². The van der Waals surface area contributed by atoms with Gasteiger partial charge in [0.25, 0.3) is 5.91 Å². The van der Waals surface area contributed by atoms with E-state index in [0.29, 0.717) is 19.0 Å². The Bertz CT molecular complexity index is 1120. The van der Waals surface area contributed by atoms with Crippen molar-refractivity contribution in [1.29, 1.82) is 0 Å². The first kappa shape index (κ1) is 18.7. The van der Waals surface area contributed by atoms with Gasteiger partial charge in [0.2, 0.25) is 5.95 Å². The lowest BCUT2D eigenvalue weighted by Gasteiger charge is -2.45. The zero-order valence-electron chi connectivity index (χ0n) is 16.9. The lowest BCUT2D eigenvalue weighted by Crippen LogP contribution is -2.47. The minimum absolute atomic E-state index is 0.0554. The van der Waals surface area contributed by atoms with E-state index in [4.69, 9.17) is 4.98 Å². The molecule has 5 nitrogen and oxygen atoms in total. The van der Waals surface area contributed by atoms with Crippen LogP contribution >= 0.6 is 0 Å². The summed E-state index contributed by atoms with van der Waals surface area (Å²) in [6.45, 7) is 1.21. The molecule has 0 saturated carbocycles. The fraction of sp³-hybridized carbons (Fsp3) is 0.292. The fourth-order valence-electron chi connectivity index (χ4n) is 4.89. The molecular weight excluding hydrogens is 379 g/mol. The Hall–Kier alpha value is -3.28. The molecule has 2 heterocycles. The van der Waals surface area contributed by atoms with Crippen LogP contribution in [-0.2, 0) is 11.8 Å². The van der Waals surface area contributed by atoms with Crippen molar-refractivity contribution in [2.75, 3.05) is 25.5 Å². The van der Waals surface area contributed by atoms with Gasteiger partial charge >= 0.3 is 0 Å². The molecule has 0 atom stereocenters. The van der Waals surface area contributed by atoms with E-state index >= 15 is 0 Å². The quantitative estimate of drug-likeness (QED) is 0.703. The second kappa shape index (κ2) is 7.20. The molecule has 1 amide bonds. The third-order valence-corrected chi connectivity index (χ3v) is 6.48. The number of hydrogen-bond donors (Lipinski definition) is 1. The van der Waals surface area contributed by atoms with Crippen LogP contribution in [0.3, 0.4) is 0 Å². The molecule has 2 aliphatic rings. The average molecular weight is 402 g/mol. The SMILES string of the molecule is CNc1ncc2c(n1)-c1ccccc1C1(CCN(C(=O)c3ccccc3F)CC1)C2. The molecule has 1 fully saturated rings. The van der Waals surface area contributed by atoms with Gasteiger partial charge in [0.05, 0.1) is 11.3 Å². The summed E-state index contributed by atoms with van der Waals surface area (Å²) in [7, 11) is 1.82. The fourth-order valence-corrected chi connectivity index (χ4v) is 4.89. The molecule has 0 unspecified atom stereocenters. The summed E-state index contributed by atoms with van der Waals surface area (Å²) in [6, 6.07) is 14.6. The topological polar surface area (TPSA) is 58.1 Å². The van der Waals surface area contributed by atoms with Crippen LogP contribution in [-0.4, -0.2) is 40.9 Å². The van der Waals surface area contributed by atoms with E-state index < -0.39 is 5.82 Å². The number of nitrogens with zero attached hydrogens (tertiary/aromatic N) is 3. The van der Waals surface area contributed by atoms with Crippen LogP contribution in [0.1, 0.15) is 34.3 Å². The summed E-state index contributed by atoms with van der Waals surface area (Å²) in [5.41, 5.74) is 4.65. The Balaban J connectivity index is 1.45. The highest BCUT2D eigenvalue weighted by Crippen LogP contribution is 2.48. The Labute approximate surface area is 175 Å². The monoisotopic (exact) mass is 402 g/mol. The van der Waals surface area contributed by atoms with Crippen molar-refractivity contribution in [1.82, 2.24) is 14.9 Å². The maximum Gasteiger partial charge on any atom is 0.256 e. The number of halogens is 1. The second-order valence-corrected chi connectivity index (χ2v) is 8.09. The van der Waals surface area contributed by atoms with Gasteiger partial charge in [-0.15, -0.1) is 0 Å². The summed E-state index contributed by atoms with van der Waals surface area (Å²) in [4.78, 5) is 23.8. The molecule has 1 aliphatic carbocycles. The van der Waals surface area contributed by atoms with Crippen LogP contribution in [0, 0.1) is 5.82 Å². The summed E-state index contributed by atoms with van der Waals surface area (Å²) in [5, 5.41) is 3.02. The number of likely N-dealkylation sites (tertiary alicyclic amines) is 1. The molecule has 3 aromatic rings. The molecule has 6 heteroatoms. The molecule has 5 rings (SSSR count). The predicted octanol–water partition coefficient (Wildman–Crippen LogP) is 4.05. The number of nitrogens with one attached hydrogen (secondary N) is 1. The molecule has 1 aliphatic heterocycles. The third-order valence-electron chi connectivity index (χ3n) is 6.48. The Morgan fingerprint density at radius 1 is 1.10 bits per heavy atom. The van der Waals surface area contributed by atoms with Crippen molar-refractivity contribution in [3.8, 4) is 11.3 Å². The van der Waals surface area contributed by atoms with Crippen molar-refractivity contribution >= 4 is 11.9 Å². The van der Waals surface area contributed by atoms with Crippen molar-refractivity contribution in [2.24, 2.45) is 0 Å². The van der Waals surface area contributed by atoms with Gasteiger partial charge in [-0.3, -0.25) is 4.79 Å². The first-order chi connectivity index (χ1) is 14.6. The largest absolute Gasteiger partial charge is 0.357 e. The number of hydrogen-bond acceptors (Lipinski definition) is 4. The number of piperidine rings is 1. The zero-order valence-corrected chi connectivity index (χ0v) is 16.9. The molecule has 152 valence electrons. The predicted molar refractivity (Wildman–Crippen MR) is 114 cm³/mol.